The fourth-order valence-electron chi connectivity index (χ4n) is 3.16. The van der Waals surface area contributed by atoms with E-state index >= 15 is 0 Å². The molecule has 1 aromatic rings. The molecule has 0 aliphatic carbocycles. The second-order valence-electron chi connectivity index (χ2n) is 7.41. The maximum atomic E-state index is 12.1. The van der Waals surface area contributed by atoms with E-state index in [-0.39, 0.29) is 11.4 Å². The molecule has 0 spiro atoms. The summed E-state index contributed by atoms with van der Waals surface area (Å²) in [5.41, 5.74) is 1.17. The SMILES string of the molecule is CC1CCCN(C(C)(C)CNC(=O)CCc2ccc(Cl)cc2)C1. The smallest absolute Gasteiger partial charge is 0.220 e. The lowest BCUT2D eigenvalue weighted by molar-refractivity contribution is -0.121. The van der Waals surface area contributed by atoms with Crippen LogP contribution in [-0.2, 0) is 11.2 Å². The van der Waals surface area contributed by atoms with E-state index in [1.165, 1.54) is 12.8 Å². The summed E-state index contributed by atoms with van der Waals surface area (Å²) in [5.74, 6) is 0.877. The minimum absolute atomic E-state index is 0.0185. The van der Waals surface area contributed by atoms with Crippen LogP contribution >= 0.6 is 11.6 Å². The molecule has 1 atom stereocenters. The summed E-state index contributed by atoms with van der Waals surface area (Å²) in [5, 5.41) is 3.84. The van der Waals surface area contributed by atoms with Crippen molar-refractivity contribution in [2.45, 2.75) is 52.0 Å². The van der Waals surface area contributed by atoms with Crippen LogP contribution in [0.3, 0.4) is 0 Å². The third kappa shape index (κ3) is 5.82. The number of amides is 1. The fraction of sp³-hybridized carbons (Fsp3) is 0.632. The molecule has 1 aliphatic rings. The predicted octanol–water partition coefficient (Wildman–Crippen LogP) is 3.90. The Morgan fingerprint density at radius 2 is 2.04 bits per heavy atom. The Morgan fingerprint density at radius 3 is 2.70 bits per heavy atom. The molecule has 1 fully saturated rings. The van der Waals surface area contributed by atoms with Gasteiger partial charge in [-0.25, -0.2) is 0 Å². The van der Waals surface area contributed by atoms with Gasteiger partial charge in [0.1, 0.15) is 0 Å². The van der Waals surface area contributed by atoms with Crippen LogP contribution in [0, 0.1) is 5.92 Å². The molecule has 1 aliphatic heterocycles. The van der Waals surface area contributed by atoms with Crippen molar-refractivity contribution < 1.29 is 4.79 Å². The van der Waals surface area contributed by atoms with Gasteiger partial charge in [-0.15, -0.1) is 0 Å². The highest BCUT2D eigenvalue weighted by Gasteiger charge is 2.30. The Balaban J connectivity index is 1.75. The van der Waals surface area contributed by atoms with E-state index in [1.807, 2.05) is 24.3 Å². The van der Waals surface area contributed by atoms with Gasteiger partial charge >= 0.3 is 0 Å². The fourth-order valence-corrected chi connectivity index (χ4v) is 3.29. The number of benzene rings is 1. The molecule has 128 valence electrons. The molecule has 1 amide bonds. The topological polar surface area (TPSA) is 32.3 Å². The standard InChI is InChI=1S/C19H29ClN2O/c1-15-5-4-12-22(13-15)19(2,3)14-21-18(23)11-8-16-6-9-17(20)10-7-16/h6-7,9-10,15H,4-5,8,11-14H2,1-3H3,(H,21,23). The van der Waals surface area contributed by atoms with Crippen molar-refractivity contribution in [2.24, 2.45) is 5.92 Å². The molecule has 1 heterocycles. The molecule has 0 bridgehead atoms. The Labute approximate surface area is 145 Å². The number of aryl methyl sites for hydroxylation is 1. The van der Waals surface area contributed by atoms with E-state index in [0.29, 0.717) is 13.0 Å². The second kappa shape index (κ2) is 8.16. The van der Waals surface area contributed by atoms with Gasteiger partial charge in [-0.05, 0) is 63.3 Å². The van der Waals surface area contributed by atoms with E-state index in [0.717, 1.165) is 36.0 Å². The minimum Gasteiger partial charge on any atom is -0.354 e. The quantitative estimate of drug-likeness (QED) is 0.854. The van der Waals surface area contributed by atoms with Crippen LogP contribution in [-0.4, -0.2) is 36.0 Å². The molecule has 1 unspecified atom stereocenters. The van der Waals surface area contributed by atoms with Gasteiger partial charge in [0.2, 0.25) is 5.91 Å². The monoisotopic (exact) mass is 336 g/mol. The molecule has 0 radical (unpaired) electrons. The minimum atomic E-state index is 0.0185. The molecule has 23 heavy (non-hydrogen) atoms. The van der Waals surface area contributed by atoms with Crippen LogP contribution in [0.2, 0.25) is 5.02 Å². The maximum Gasteiger partial charge on any atom is 0.220 e. The molecule has 2 rings (SSSR count). The van der Waals surface area contributed by atoms with Crippen molar-refractivity contribution >= 4 is 17.5 Å². The summed E-state index contributed by atoms with van der Waals surface area (Å²) in [7, 11) is 0. The van der Waals surface area contributed by atoms with Crippen molar-refractivity contribution in [1.29, 1.82) is 0 Å². The van der Waals surface area contributed by atoms with Crippen LogP contribution in [0.15, 0.2) is 24.3 Å². The van der Waals surface area contributed by atoms with Gasteiger partial charge in [0.25, 0.3) is 0 Å². The Morgan fingerprint density at radius 1 is 1.35 bits per heavy atom. The van der Waals surface area contributed by atoms with Crippen molar-refractivity contribution in [2.75, 3.05) is 19.6 Å². The Bertz CT molecular complexity index is 513. The number of hydrogen-bond donors (Lipinski definition) is 1. The summed E-state index contributed by atoms with van der Waals surface area (Å²) in [4.78, 5) is 14.6. The normalized spacial score (nSPS) is 19.6. The third-order valence-corrected chi connectivity index (χ3v) is 5.04. The summed E-state index contributed by atoms with van der Waals surface area (Å²) in [6, 6.07) is 7.70. The average molecular weight is 337 g/mol. The Kier molecular flexibility index (Phi) is 6.49. The van der Waals surface area contributed by atoms with Crippen molar-refractivity contribution in [1.82, 2.24) is 10.2 Å². The summed E-state index contributed by atoms with van der Waals surface area (Å²) < 4.78 is 0. The first-order valence-electron chi connectivity index (χ1n) is 8.63. The van der Waals surface area contributed by atoms with Gasteiger partial charge in [-0.2, -0.15) is 0 Å². The zero-order chi connectivity index (χ0) is 16.9. The van der Waals surface area contributed by atoms with E-state index < -0.39 is 0 Å². The number of carbonyl (C=O) groups excluding carboxylic acids is 1. The summed E-state index contributed by atoms with van der Waals surface area (Å²) in [6.07, 6.45) is 3.85. The number of carbonyl (C=O) groups is 1. The Hall–Kier alpha value is -1.06. The molecule has 4 heteroatoms. The van der Waals surface area contributed by atoms with Crippen LogP contribution in [0.25, 0.3) is 0 Å². The summed E-state index contributed by atoms with van der Waals surface area (Å²) in [6.45, 7) is 9.74. The van der Waals surface area contributed by atoms with Crippen molar-refractivity contribution in [3.05, 3.63) is 34.9 Å². The van der Waals surface area contributed by atoms with Crippen LogP contribution < -0.4 is 5.32 Å². The molecular formula is C19H29ClN2O. The molecule has 1 N–H and O–H groups in total. The van der Waals surface area contributed by atoms with Crippen LogP contribution in [0.4, 0.5) is 0 Å². The number of likely N-dealkylation sites (tertiary alicyclic amines) is 1. The number of piperidine rings is 1. The van der Waals surface area contributed by atoms with Crippen molar-refractivity contribution in [3.8, 4) is 0 Å². The van der Waals surface area contributed by atoms with Gasteiger partial charge < -0.3 is 5.32 Å². The lowest BCUT2D eigenvalue weighted by atomic mass is 9.93. The van der Waals surface area contributed by atoms with Gasteiger partial charge in [-0.3, -0.25) is 9.69 Å². The number of nitrogens with zero attached hydrogens (tertiary/aromatic N) is 1. The molecule has 3 nitrogen and oxygen atoms in total. The number of nitrogens with one attached hydrogen (secondary N) is 1. The second-order valence-corrected chi connectivity index (χ2v) is 7.85. The number of rotatable bonds is 6. The lowest BCUT2D eigenvalue weighted by Gasteiger charge is -2.43. The van der Waals surface area contributed by atoms with Crippen molar-refractivity contribution in [3.63, 3.8) is 0 Å². The predicted molar refractivity (Wildman–Crippen MR) is 96.8 cm³/mol. The molecule has 1 aromatic carbocycles. The number of hydrogen-bond acceptors (Lipinski definition) is 2. The van der Waals surface area contributed by atoms with Crippen LogP contribution in [0.1, 0.15) is 45.6 Å². The lowest BCUT2D eigenvalue weighted by Crippen LogP contribution is -2.54. The maximum absolute atomic E-state index is 12.1. The zero-order valence-electron chi connectivity index (χ0n) is 14.6. The first-order valence-corrected chi connectivity index (χ1v) is 9.01. The molecule has 0 aromatic heterocycles. The number of halogens is 1. The zero-order valence-corrected chi connectivity index (χ0v) is 15.3. The first kappa shape index (κ1) is 18.3. The third-order valence-electron chi connectivity index (χ3n) is 4.79. The average Bonchev–Trinajstić information content (AvgIpc) is 2.52. The van der Waals surface area contributed by atoms with Gasteiger partial charge in [0, 0.05) is 30.1 Å². The van der Waals surface area contributed by atoms with E-state index in [1.54, 1.807) is 0 Å². The van der Waals surface area contributed by atoms with Crippen LogP contribution in [0.5, 0.6) is 0 Å². The highest BCUT2D eigenvalue weighted by molar-refractivity contribution is 6.30. The van der Waals surface area contributed by atoms with Gasteiger partial charge in [-0.1, -0.05) is 30.7 Å². The van der Waals surface area contributed by atoms with Gasteiger partial charge in [0.05, 0.1) is 0 Å². The van der Waals surface area contributed by atoms with E-state index in [9.17, 15) is 4.79 Å². The molecule has 1 saturated heterocycles. The molecule has 0 saturated carbocycles. The molecular weight excluding hydrogens is 308 g/mol. The van der Waals surface area contributed by atoms with E-state index in [4.69, 9.17) is 11.6 Å². The van der Waals surface area contributed by atoms with Gasteiger partial charge in [0.15, 0.2) is 0 Å². The van der Waals surface area contributed by atoms with E-state index in [2.05, 4.69) is 31.0 Å². The summed E-state index contributed by atoms with van der Waals surface area (Å²) >= 11 is 5.87. The largest absolute Gasteiger partial charge is 0.354 e. The highest BCUT2D eigenvalue weighted by Crippen LogP contribution is 2.23. The first-order chi connectivity index (χ1) is 10.9. The highest BCUT2D eigenvalue weighted by atomic mass is 35.5.